The molecule has 0 radical (unpaired) electrons. The van der Waals surface area contributed by atoms with Crippen LogP contribution in [0.4, 0.5) is 16.2 Å². The zero-order valence-electron chi connectivity index (χ0n) is 22.2. The normalized spacial score (nSPS) is 14.1. The minimum atomic E-state index is -0.541. The number of thioether (sulfide) groups is 1. The number of imide groups is 1. The Hall–Kier alpha value is -4.37. The van der Waals surface area contributed by atoms with Gasteiger partial charge >= 0.3 is 0 Å². The van der Waals surface area contributed by atoms with Crippen LogP contribution < -0.4 is 15.4 Å². The molecule has 1 fully saturated rings. The van der Waals surface area contributed by atoms with Crippen LogP contribution in [0.2, 0.25) is 0 Å². The molecule has 2 N–H and O–H groups in total. The molecule has 0 bridgehead atoms. The lowest BCUT2D eigenvalue weighted by Crippen LogP contribution is -2.36. The molecule has 3 aromatic carbocycles. The summed E-state index contributed by atoms with van der Waals surface area (Å²) in [4.78, 5) is 51.5. The molecule has 8 nitrogen and oxygen atoms in total. The fraction of sp³-hybridized carbons (Fsp3) is 0.200. The van der Waals surface area contributed by atoms with Gasteiger partial charge < -0.3 is 15.4 Å². The van der Waals surface area contributed by atoms with Crippen LogP contribution in [0.25, 0.3) is 6.08 Å². The average molecular weight is 544 g/mol. The second kappa shape index (κ2) is 12.0. The molecule has 4 amide bonds. The van der Waals surface area contributed by atoms with Gasteiger partial charge in [-0.1, -0.05) is 36.4 Å². The highest BCUT2D eigenvalue weighted by Crippen LogP contribution is 2.32. The molecule has 0 spiro atoms. The van der Waals surface area contributed by atoms with Gasteiger partial charge in [-0.25, -0.2) is 0 Å². The molecular weight excluding hydrogens is 514 g/mol. The molecule has 1 heterocycles. The van der Waals surface area contributed by atoms with Crippen LogP contribution in [-0.2, 0) is 14.4 Å². The van der Waals surface area contributed by atoms with E-state index in [1.54, 1.807) is 30.3 Å². The zero-order valence-corrected chi connectivity index (χ0v) is 23.0. The van der Waals surface area contributed by atoms with Crippen molar-refractivity contribution >= 4 is 52.2 Å². The van der Waals surface area contributed by atoms with Gasteiger partial charge in [0.1, 0.15) is 12.3 Å². The van der Waals surface area contributed by atoms with Gasteiger partial charge in [-0.3, -0.25) is 24.1 Å². The summed E-state index contributed by atoms with van der Waals surface area (Å²) in [7, 11) is 0. The first kappa shape index (κ1) is 27.7. The van der Waals surface area contributed by atoms with Crippen molar-refractivity contribution in [2.24, 2.45) is 0 Å². The van der Waals surface area contributed by atoms with E-state index < -0.39 is 17.1 Å². The molecule has 9 heteroatoms. The van der Waals surface area contributed by atoms with Crippen LogP contribution in [0.15, 0.2) is 65.6 Å². The number of para-hydroxylation sites is 1. The number of nitrogens with zero attached hydrogens (tertiary/aromatic N) is 1. The number of carbonyl (C=O) groups is 4. The zero-order chi connectivity index (χ0) is 28.1. The minimum Gasteiger partial charge on any atom is -0.484 e. The van der Waals surface area contributed by atoms with Crippen LogP contribution in [0, 0.1) is 27.7 Å². The number of hydrogen-bond acceptors (Lipinski definition) is 6. The Bertz CT molecular complexity index is 1480. The van der Waals surface area contributed by atoms with Gasteiger partial charge in [0.15, 0.2) is 6.61 Å². The summed E-state index contributed by atoms with van der Waals surface area (Å²) in [6.07, 6.45) is 1.57. The Morgan fingerprint density at radius 3 is 2.28 bits per heavy atom. The molecular formula is C30H29N3O5S. The maximum Gasteiger partial charge on any atom is 0.294 e. The molecule has 39 heavy (non-hydrogen) atoms. The van der Waals surface area contributed by atoms with E-state index in [4.69, 9.17) is 4.74 Å². The highest BCUT2D eigenvalue weighted by molar-refractivity contribution is 8.18. The topological polar surface area (TPSA) is 105 Å². The van der Waals surface area contributed by atoms with Crippen molar-refractivity contribution in [1.82, 2.24) is 4.90 Å². The van der Waals surface area contributed by atoms with Crippen LogP contribution in [-0.4, -0.2) is 41.0 Å². The van der Waals surface area contributed by atoms with Gasteiger partial charge in [0.05, 0.1) is 4.91 Å². The summed E-state index contributed by atoms with van der Waals surface area (Å²) in [5.74, 6) is -0.860. The summed E-state index contributed by atoms with van der Waals surface area (Å²) in [5.41, 5.74) is 5.98. The summed E-state index contributed by atoms with van der Waals surface area (Å²) in [5, 5.41) is 5.09. The van der Waals surface area contributed by atoms with Crippen molar-refractivity contribution < 1.29 is 23.9 Å². The third-order valence-corrected chi connectivity index (χ3v) is 7.14. The number of amides is 4. The lowest BCUT2D eigenvalue weighted by atomic mass is 10.1. The largest absolute Gasteiger partial charge is 0.484 e. The average Bonchev–Trinajstić information content (AvgIpc) is 3.14. The Kier molecular flexibility index (Phi) is 8.51. The molecule has 1 aliphatic rings. The van der Waals surface area contributed by atoms with Crippen molar-refractivity contribution in [3.8, 4) is 5.75 Å². The summed E-state index contributed by atoms with van der Waals surface area (Å²) in [6.45, 7) is 7.16. The third-order valence-electron chi connectivity index (χ3n) is 6.24. The molecule has 4 rings (SSSR count). The maximum absolute atomic E-state index is 12.9. The Balaban J connectivity index is 1.36. The smallest absolute Gasteiger partial charge is 0.294 e. The number of anilines is 2. The fourth-order valence-electron chi connectivity index (χ4n) is 3.98. The Morgan fingerprint density at radius 2 is 1.56 bits per heavy atom. The van der Waals surface area contributed by atoms with Crippen LogP contribution in [0.1, 0.15) is 27.8 Å². The highest BCUT2D eigenvalue weighted by Gasteiger charge is 2.36. The number of ether oxygens (including phenoxy) is 1. The first-order valence-corrected chi connectivity index (χ1v) is 13.1. The molecule has 0 aliphatic carbocycles. The standard InChI is InChI=1S/C30H29N3O5S/c1-18-11-12-23(13-21(18)4)31-27(35)17-38-24-10-6-9-22(14-24)15-25-29(36)33(30(37)39-25)16-26(34)32-28-19(2)7-5-8-20(28)3/h5-15H,16-17H2,1-4H3,(H,31,35)(H,32,34)/b25-15-. The monoisotopic (exact) mass is 543 g/mol. The molecule has 0 saturated carbocycles. The predicted octanol–water partition coefficient (Wildman–Crippen LogP) is 5.61. The maximum atomic E-state index is 12.9. The van der Waals surface area contributed by atoms with Crippen molar-refractivity contribution in [3.63, 3.8) is 0 Å². The van der Waals surface area contributed by atoms with Crippen molar-refractivity contribution in [2.75, 3.05) is 23.8 Å². The minimum absolute atomic E-state index is 0.192. The second-order valence-corrected chi connectivity index (χ2v) is 10.3. The van der Waals surface area contributed by atoms with Gasteiger partial charge in [-0.2, -0.15) is 0 Å². The van der Waals surface area contributed by atoms with Gasteiger partial charge in [0, 0.05) is 11.4 Å². The second-order valence-electron chi connectivity index (χ2n) is 9.29. The number of aryl methyl sites for hydroxylation is 4. The van der Waals surface area contributed by atoms with Crippen molar-refractivity contribution in [1.29, 1.82) is 0 Å². The third kappa shape index (κ3) is 6.94. The molecule has 3 aromatic rings. The number of hydrogen-bond donors (Lipinski definition) is 2. The SMILES string of the molecule is Cc1ccc(NC(=O)COc2cccc(/C=C3\SC(=O)N(CC(=O)Nc4c(C)cccc4C)C3=O)c2)cc1C. The van der Waals surface area contributed by atoms with Gasteiger partial charge in [-0.15, -0.1) is 0 Å². The van der Waals surface area contributed by atoms with E-state index in [0.29, 0.717) is 22.7 Å². The van der Waals surface area contributed by atoms with Gasteiger partial charge in [0.2, 0.25) is 5.91 Å². The molecule has 200 valence electrons. The number of benzene rings is 3. The van der Waals surface area contributed by atoms with Gasteiger partial charge in [0.25, 0.3) is 17.1 Å². The van der Waals surface area contributed by atoms with Crippen LogP contribution >= 0.6 is 11.8 Å². The van der Waals surface area contributed by atoms with Crippen molar-refractivity contribution in [3.05, 3.63) is 93.4 Å². The van der Waals surface area contributed by atoms with Gasteiger partial charge in [-0.05, 0) is 97.6 Å². The Labute approximate surface area is 231 Å². The molecule has 1 aliphatic heterocycles. The summed E-state index contributed by atoms with van der Waals surface area (Å²) < 4.78 is 5.63. The lowest BCUT2D eigenvalue weighted by molar-refractivity contribution is -0.127. The predicted molar refractivity (Wildman–Crippen MR) is 154 cm³/mol. The van der Waals surface area contributed by atoms with Crippen LogP contribution in [0.3, 0.4) is 0 Å². The summed E-state index contributed by atoms with van der Waals surface area (Å²) in [6, 6.07) is 18.2. The number of carbonyl (C=O) groups excluding carboxylic acids is 4. The van der Waals surface area contributed by atoms with E-state index in [1.165, 1.54) is 0 Å². The van der Waals surface area contributed by atoms with Crippen molar-refractivity contribution in [2.45, 2.75) is 27.7 Å². The fourth-order valence-corrected chi connectivity index (χ4v) is 4.82. The quantitative estimate of drug-likeness (QED) is 0.358. The number of nitrogens with one attached hydrogen (secondary N) is 2. The first-order valence-electron chi connectivity index (χ1n) is 12.3. The molecule has 0 atom stereocenters. The van der Waals surface area contributed by atoms with E-state index in [0.717, 1.165) is 38.9 Å². The van der Waals surface area contributed by atoms with Crippen LogP contribution in [0.5, 0.6) is 5.75 Å². The van der Waals surface area contributed by atoms with E-state index in [9.17, 15) is 19.2 Å². The highest BCUT2D eigenvalue weighted by atomic mass is 32.2. The Morgan fingerprint density at radius 1 is 0.846 bits per heavy atom. The van der Waals surface area contributed by atoms with E-state index >= 15 is 0 Å². The van der Waals surface area contributed by atoms with E-state index in [-0.39, 0.29) is 24.0 Å². The molecule has 1 saturated heterocycles. The molecule has 0 unspecified atom stereocenters. The van der Waals surface area contributed by atoms with E-state index in [1.807, 2.05) is 64.1 Å². The summed E-state index contributed by atoms with van der Waals surface area (Å²) >= 11 is 0.772. The van der Waals surface area contributed by atoms with E-state index in [2.05, 4.69) is 10.6 Å². The lowest BCUT2D eigenvalue weighted by Gasteiger charge is -2.15. The molecule has 0 aromatic heterocycles. The number of rotatable bonds is 8. The first-order chi connectivity index (χ1) is 18.6.